The van der Waals surface area contributed by atoms with Crippen LogP contribution in [0.2, 0.25) is 0 Å². The second-order valence-electron chi connectivity index (χ2n) is 6.60. The number of nitrogens with two attached hydrogens (primary N) is 2. The van der Waals surface area contributed by atoms with E-state index in [9.17, 15) is 9.18 Å². The van der Waals surface area contributed by atoms with Crippen molar-refractivity contribution >= 4 is 29.9 Å². The third-order valence-electron chi connectivity index (χ3n) is 4.50. The van der Waals surface area contributed by atoms with Gasteiger partial charge in [0.15, 0.2) is 0 Å². The van der Waals surface area contributed by atoms with Gasteiger partial charge in [-0.3, -0.25) is 9.79 Å². The third kappa shape index (κ3) is 6.70. The Morgan fingerprint density at radius 2 is 2.14 bits per heavy atom. The van der Waals surface area contributed by atoms with Gasteiger partial charge in [0.05, 0.1) is 24.5 Å². The zero-order valence-corrected chi connectivity index (χ0v) is 16.7. The normalized spacial score (nSPS) is 15.9. The Morgan fingerprint density at radius 1 is 1.38 bits per heavy atom. The number of pyridine rings is 1. The van der Waals surface area contributed by atoms with E-state index >= 15 is 0 Å². The van der Waals surface area contributed by atoms with Crippen LogP contribution in [-0.4, -0.2) is 68.1 Å². The highest BCUT2D eigenvalue weighted by atomic mass is 19.1. The molecule has 0 unspecified atom stereocenters. The number of carbonyl (C=O) groups is 1. The molecule has 1 saturated heterocycles. The van der Waals surface area contributed by atoms with Crippen LogP contribution in [-0.2, 0) is 4.79 Å². The molecule has 0 radical (unpaired) electrons. The number of carbonyl (C=O) groups excluding carboxylic acids is 1. The zero-order chi connectivity index (χ0) is 21.1. The van der Waals surface area contributed by atoms with Crippen molar-refractivity contribution in [1.29, 1.82) is 0 Å². The summed E-state index contributed by atoms with van der Waals surface area (Å²) in [6.07, 6.45) is 9.01. The van der Waals surface area contributed by atoms with Gasteiger partial charge in [-0.05, 0) is 31.1 Å². The van der Waals surface area contributed by atoms with Crippen molar-refractivity contribution in [1.82, 2.24) is 9.88 Å². The molecule has 0 bridgehead atoms. The van der Waals surface area contributed by atoms with E-state index in [1.807, 2.05) is 12.1 Å². The van der Waals surface area contributed by atoms with Crippen molar-refractivity contribution in [3.05, 3.63) is 41.9 Å². The van der Waals surface area contributed by atoms with E-state index in [0.717, 1.165) is 24.5 Å². The summed E-state index contributed by atoms with van der Waals surface area (Å²) in [5.41, 5.74) is 14.0. The lowest BCUT2D eigenvalue weighted by Crippen LogP contribution is -2.26. The third-order valence-corrected chi connectivity index (χ3v) is 4.50. The number of amides is 1. The van der Waals surface area contributed by atoms with Crippen molar-refractivity contribution < 1.29 is 9.18 Å². The standard InChI is InChI=1S/C20H28FN7O/c1-27(18(11-22)13-24-7-6-21)14-17(26-15-29)10-19(23)16-4-5-20(25-12-16)28-8-2-3-9-28/h4-5,10-13,15H,2-3,6-9,14,22-23H2,1H3/b18-11+,19-10-,24-13?,26-17?. The number of aliphatic imine (C=N–C) groups is 2. The monoisotopic (exact) mass is 401 g/mol. The Labute approximate surface area is 170 Å². The number of hydrogen-bond acceptors (Lipinski definition) is 7. The van der Waals surface area contributed by atoms with Crippen LogP contribution in [0.3, 0.4) is 0 Å². The summed E-state index contributed by atoms with van der Waals surface area (Å²) in [5, 5.41) is 0. The Kier molecular flexibility index (Phi) is 8.81. The topological polar surface area (TPSA) is 113 Å². The summed E-state index contributed by atoms with van der Waals surface area (Å²) in [6, 6.07) is 3.85. The van der Waals surface area contributed by atoms with Crippen LogP contribution < -0.4 is 16.4 Å². The minimum atomic E-state index is -0.542. The summed E-state index contributed by atoms with van der Waals surface area (Å²) >= 11 is 0. The highest BCUT2D eigenvalue weighted by Gasteiger charge is 2.13. The highest BCUT2D eigenvalue weighted by molar-refractivity contribution is 6.04. The van der Waals surface area contributed by atoms with Gasteiger partial charge in [-0.25, -0.2) is 14.4 Å². The second kappa shape index (κ2) is 11.6. The minimum Gasteiger partial charge on any atom is -0.403 e. The fraction of sp³-hybridized carbons (Fsp3) is 0.400. The number of rotatable bonds is 10. The van der Waals surface area contributed by atoms with Crippen LogP contribution >= 0.6 is 0 Å². The van der Waals surface area contributed by atoms with Gasteiger partial charge in [0.2, 0.25) is 6.41 Å². The molecule has 1 aliphatic rings. The van der Waals surface area contributed by atoms with Crippen molar-refractivity contribution in [2.75, 3.05) is 44.8 Å². The first-order valence-electron chi connectivity index (χ1n) is 9.46. The molecule has 0 atom stereocenters. The molecular formula is C20H28FN7O. The van der Waals surface area contributed by atoms with Gasteiger partial charge in [-0.15, -0.1) is 0 Å². The molecule has 9 heteroatoms. The van der Waals surface area contributed by atoms with Gasteiger partial charge in [0.1, 0.15) is 12.5 Å². The van der Waals surface area contributed by atoms with Crippen LogP contribution in [0.5, 0.6) is 0 Å². The molecule has 2 heterocycles. The summed E-state index contributed by atoms with van der Waals surface area (Å²) in [7, 11) is 1.76. The molecule has 0 spiro atoms. The van der Waals surface area contributed by atoms with Crippen LogP contribution in [0.25, 0.3) is 5.70 Å². The smallest absolute Gasteiger partial charge is 0.233 e. The van der Waals surface area contributed by atoms with E-state index in [1.54, 1.807) is 24.2 Å². The van der Waals surface area contributed by atoms with Crippen LogP contribution in [0.15, 0.2) is 46.3 Å². The SMILES string of the molecule is CN(CC(/C=C(\N)c1ccc(N2CCCC2)nc1)=NC=O)/C(C=NCCF)=C/N. The molecule has 0 aliphatic carbocycles. The number of anilines is 1. The van der Waals surface area contributed by atoms with Gasteiger partial charge in [0.25, 0.3) is 0 Å². The van der Waals surface area contributed by atoms with Crippen molar-refractivity contribution in [2.45, 2.75) is 12.8 Å². The quantitative estimate of drug-likeness (QED) is 0.452. The minimum absolute atomic E-state index is 0.0632. The first-order chi connectivity index (χ1) is 14.1. The summed E-state index contributed by atoms with van der Waals surface area (Å²) < 4.78 is 12.2. The van der Waals surface area contributed by atoms with Crippen molar-refractivity contribution in [3.8, 4) is 0 Å². The highest BCUT2D eigenvalue weighted by Crippen LogP contribution is 2.19. The fourth-order valence-corrected chi connectivity index (χ4v) is 2.95. The lowest BCUT2D eigenvalue weighted by molar-refractivity contribution is -0.106. The van der Waals surface area contributed by atoms with Crippen molar-refractivity contribution in [3.63, 3.8) is 0 Å². The fourth-order valence-electron chi connectivity index (χ4n) is 2.95. The molecule has 1 aliphatic heterocycles. The van der Waals surface area contributed by atoms with E-state index in [0.29, 0.717) is 23.5 Å². The number of halogens is 1. The first-order valence-corrected chi connectivity index (χ1v) is 9.46. The van der Waals surface area contributed by atoms with Crippen molar-refractivity contribution in [2.24, 2.45) is 21.5 Å². The lowest BCUT2D eigenvalue weighted by Gasteiger charge is -2.19. The Bertz CT molecular complexity index is 781. The molecule has 29 heavy (non-hydrogen) atoms. The Morgan fingerprint density at radius 3 is 2.72 bits per heavy atom. The predicted octanol–water partition coefficient (Wildman–Crippen LogP) is 1.35. The second-order valence-corrected chi connectivity index (χ2v) is 6.60. The van der Waals surface area contributed by atoms with Gasteiger partial charge in [-0.1, -0.05) is 0 Å². The molecule has 2 rings (SSSR count). The van der Waals surface area contributed by atoms with Gasteiger partial charge < -0.3 is 21.3 Å². The predicted molar refractivity (Wildman–Crippen MR) is 116 cm³/mol. The van der Waals surface area contributed by atoms with Crippen LogP contribution in [0, 0.1) is 0 Å². The number of nitrogens with zero attached hydrogens (tertiary/aromatic N) is 5. The largest absolute Gasteiger partial charge is 0.403 e. The van der Waals surface area contributed by atoms with E-state index in [4.69, 9.17) is 11.5 Å². The lowest BCUT2D eigenvalue weighted by atomic mass is 10.1. The van der Waals surface area contributed by atoms with Gasteiger partial charge >= 0.3 is 0 Å². The van der Waals surface area contributed by atoms with E-state index < -0.39 is 6.67 Å². The molecule has 4 N–H and O–H groups in total. The zero-order valence-electron chi connectivity index (χ0n) is 16.7. The molecule has 1 aromatic rings. The average Bonchev–Trinajstić information content (AvgIpc) is 3.26. The maximum atomic E-state index is 12.2. The van der Waals surface area contributed by atoms with Crippen LogP contribution in [0.1, 0.15) is 18.4 Å². The number of hydrogen-bond donors (Lipinski definition) is 2. The molecular weight excluding hydrogens is 373 g/mol. The molecule has 1 amide bonds. The molecule has 0 saturated carbocycles. The molecule has 8 nitrogen and oxygen atoms in total. The molecule has 0 aromatic carbocycles. The molecule has 156 valence electrons. The Hall–Kier alpha value is -3.23. The van der Waals surface area contributed by atoms with Crippen LogP contribution in [0.4, 0.5) is 10.2 Å². The number of alkyl halides is 1. The average molecular weight is 401 g/mol. The van der Waals surface area contributed by atoms with E-state index in [-0.39, 0.29) is 13.1 Å². The first kappa shape index (κ1) is 22.1. The van der Waals surface area contributed by atoms with Gasteiger partial charge in [-0.2, -0.15) is 0 Å². The van der Waals surface area contributed by atoms with Gasteiger partial charge in [0, 0.05) is 50.0 Å². The van der Waals surface area contributed by atoms with E-state index in [2.05, 4.69) is 19.9 Å². The maximum absolute atomic E-state index is 12.2. The Balaban J connectivity index is 2.10. The molecule has 1 aromatic heterocycles. The summed E-state index contributed by atoms with van der Waals surface area (Å²) in [4.78, 5) is 27.2. The van der Waals surface area contributed by atoms with E-state index in [1.165, 1.54) is 25.3 Å². The maximum Gasteiger partial charge on any atom is 0.233 e. The summed E-state index contributed by atoms with van der Waals surface area (Å²) in [6.45, 7) is 1.83. The summed E-state index contributed by atoms with van der Waals surface area (Å²) in [5.74, 6) is 0.936. The number of aromatic nitrogens is 1. The number of allylic oxidation sites excluding steroid dienone is 1. The molecule has 1 fully saturated rings.